The van der Waals surface area contributed by atoms with Crippen molar-refractivity contribution in [3.05, 3.63) is 59.9 Å². The third kappa shape index (κ3) is 4.42. The molecule has 0 spiro atoms. The molecule has 0 radical (unpaired) electrons. The van der Waals surface area contributed by atoms with E-state index < -0.39 is 10.0 Å². The summed E-state index contributed by atoms with van der Waals surface area (Å²) in [6.45, 7) is 0.432. The molecule has 148 valence electrons. The van der Waals surface area contributed by atoms with Crippen molar-refractivity contribution < 1.29 is 13.2 Å². The molecular weight excluding hydrogens is 374 g/mol. The second-order valence-electron chi connectivity index (χ2n) is 7.62. The van der Waals surface area contributed by atoms with Crippen molar-refractivity contribution in [1.82, 2.24) is 14.6 Å². The third-order valence-electron chi connectivity index (χ3n) is 5.38. The number of pyridine rings is 1. The lowest BCUT2D eigenvalue weighted by Gasteiger charge is -2.22. The smallest absolute Gasteiger partial charge is 0.254 e. The molecule has 2 fully saturated rings. The summed E-state index contributed by atoms with van der Waals surface area (Å²) in [5, 5.41) is 0. The van der Waals surface area contributed by atoms with Crippen molar-refractivity contribution in [2.75, 3.05) is 0 Å². The van der Waals surface area contributed by atoms with Gasteiger partial charge in [-0.05, 0) is 56.0 Å². The molecule has 6 nitrogen and oxygen atoms in total. The van der Waals surface area contributed by atoms with Gasteiger partial charge < -0.3 is 4.90 Å². The van der Waals surface area contributed by atoms with Crippen LogP contribution in [0.15, 0.2) is 53.6 Å². The van der Waals surface area contributed by atoms with Crippen molar-refractivity contribution in [2.24, 2.45) is 0 Å². The van der Waals surface area contributed by atoms with Gasteiger partial charge in [-0.15, -0.1) is 0 Å². The zero-order chi connectivity index (χ0) is 19.6. The molecule has 7 heteroatoms. The summed E-state index contributed by atoms with van der Waals surface area (Å²) < 4.78 is 28.2. The van der Waals surface area contributed by atoms with Gasteiger partial charge in [0.25, 0.3) is 5.91 Å². The Bertz CT molecular complexity index is 936. The van der Waals surface area contributed by atoms with E-state index in [1.165, 1.54) is 6.07 Å². The van der Waals surface area contributed by atoms with E-state index in [-0.39, 0.29) is 22.9 Å². The van der Waals surface area contributed by atoms with Crippen LogP contribution >= 0.6 is 0 Å². The second kappa shape index (κ2) is 8.01. The molecule has 1 amide bonds. The highest BCUT2D eigenvalue weighted by atomic mass is 32.2. The quantitative estimate of drug-likeness (QED) is 0.776. The number of carbonyl (C=O) groups excluding carboxylic acids is 1. The maximum Gasteiger partial charge on any atom is 0.254 e. The monoisotopic (exact) mass is 399 g/mol. The SMILES string of the molecule is O=C(c1cccc(S(=O)(=O)NC2CCCC2)c1)N(Cc1ccccn1)C1CC1. The predicted molar refractivity (Wildman–Crippen MR) is 106 cm³/mol. The lowest BCUT2D eigenvalue weighted by molar-refractivity contribution is 0.0727. The van der Waals surface area contributed by atoms with Gasteiger partial charge in [0.1, 0.15) is 0 Å². The summed E-state index contributed by atoms with van der Waals surface area (Å²) in [6, 6.07) is 12.2. The first-order valence-electron chi connectivity index (χ1n) is 9.86. The number of nitrogens with zero attached hydrogens (tertiary/aromatic N) is 2. The molecule has 0 unspecified atom stereocenters. The molecule has 0 atom stereocenters. The molecule has 0 aliphatic heterocycles. The first-order chi connectivity index (χ1) is 13.5. The Morgan fingerprint density at radius 3 is 2.54 bits per heavy atom. The molecule has 28 heavy (non-hydrogen) atoms. The average Bonchev–Trinajstić information content (AvgIpc) is 3.43. The van der Waals surface area contributed by atoms with Gasteiger partial charge in [0.2, 0.25) is 10.0 Å². The molecule has 1 heterocycles. The molecule has 2 aliphatic carbocycles. The first kappa shape index (κ1) is 19.1. The third-order valence-corrected chi connectivity index (χ3v) is 6.89. The van der Waals surface area contributed by atoms with Gasteiger partial charge >= 0.3 is 0 Å². The van der Waals surface area contributed by atoms with Crippen LogP contribution in [0.25, 0.3) is 0 Å². The Kier molecular flexibility index (Phi) is 5.46. The molecule has 2 aromatic rings. The summed E-state index contributed by atoms with van der Waals surface area (Å²) in [7, 11) is -3.62. The lowest BCUT2D eigenvalue weighted by Crippen LogP contribution is -2.34. The zero-order valence-corrected chi connectivity index (χ0v) is 16.6. The number of nitrogens with one attached hydrogen (secondary N) is 1. The fourth-order valence-electron chi connectivity index (χ4n) is 3.71. The molecule has 0 bridgehead atoms. The van der Waals surface area contributed by atoms with Crippen LogP contribution in [0.2, 0.25) is 0 Å². The van der Waals surface area contributed by atoms with E-state index in [1.54, 1.807) is 29.3 Å². The van der Waals surface area contributed by atoms with E-state index in [9.17, 15) is 13.2 Å². The minimum atomic E-state index is -3.62. The second-order valence-corrected chi connectivity index (χ2v) is 9.33. The van der Waals surface area contributed by atoms with Gasteiger partial charge in [-0.2, -0.15) is 0 Å². The van der Waals surface area contributed by atoms with Crippen molar-refractivity contribution >= 4 is 15.9 Å². The summed E-state index contributed by atoms with van der Waals surface area (Å²) in [4.78, 5) is 19.4. The molecule has 1 aromatic heterocycles. The van der Waals surface area contributed by atoms with Gasteiger partial charge in [-0.25, -0.2) is 13.1 Å². The minimum Gasteiger partial charge on any atom is -0.330 e. The number of hydrogen-bond donors (Lipinski definition) is 1. The number of rotatable bonds is 7. The van der Waals surface area contributed by atoms with Gasteiger partial charge in [0, 0.05) is 23.8 Å². The lowest BCUT2D eigenvalue weighted by atomic mass is 10.2. The highest BCUT2D eigenvalue weighted by molar-refractivity contribution is 7.89. The summed E-state index contributed by atoms with van der Waals surface area (Å²) in [5.74, 6) is -0.147. The summed E-state index contributed by atoms with van der Waals surface area (Å²) >= 11 is 0. The number of aromatic nitrogens is 1. The van der Waals surface area contributed by atoms with E-state index in [0.29, 0.717) is 12.1 Å². The van der Waals surface area contributed by atoms with Crippen LogP contribution in [0.4, 0.5) is 0 Å². The highest BCUT2D eigenvalue weighted by Gasteiger charge is 2.34. The maximum atomic E-state index is 13.1. The Hall–Kier alpha value is -2.25. The van der Waals surface area contributed by atoms with E-state index in [4.69, 9.17) is 0 Å². The van der Waals surface area contributed by atoms with Crippen molar-refractivity contribution in [3.63, 3.8) is 0 Å². The van der Waals surface area contributed by atoms with Crippen LogP contribution in [0.5, 0.6) is 0 Å². The van der Waals surface area contributed by atoms with Gasteiger partial charge in [-0.3, -0.25) is 9.78 Å². The van der Waals surface area contributed by atoms with Crippen LogP contribution in [0.1, 0.15) is 54.6 Å². The fraction of sp³-hybridized carbons (Fsp3) is 0.429. The minimum absolute atomic E-state index is 0.00326. The number of sulfonamides is 1. The summed E-state index contributed by atoms with van der Waals surface area (Å²) in [5.41, 5.74) is 1.23. The van der Waals surface area contributed by atoms with E-state index in [1.807, 2.05) is 18.2 Å². The molecule has 1 N–H and O–H groups in total. The van der Waals surface area contributed by atoms with Crippen molar-refractivity contribution in [3.8, 4) is 0 Å². The maximum absolute atomic E-state index is 13.1. The zero-order valence-electron chi connectivity index (χ0n) is 15.8. The Morgan fingerprint density at radius 1 is 1.07 bits per heavy atom. The topological polar surface area (TPSA) is 79.4 Å². The Balaban J connectivity index is 1.54. The Labute approximate surface area is 166 Å². The fourth-order valence-corrected chi connectivity index (χ4v) is 5.06. The first-order valence-corrected chi connectivity index (χ1v) is 11.3. The summed E-state index contributed by atoms with van der Waals surface area (Å²) in [6.07, 6.45) is 7.51. The highest BCUT2D eigenvalue weighted by Crippen LogP contribution is 2.30. The number of hydrogen-bond acceptors (Lipinski definition) is 4. The van der Waals surface area contributed by atoms with Crippen LogP contribution < -0.4 is 4.72 Å². The van der Waals surface area contributed by atoms with Gasteiger partial charge in [-0.1, -0.05) is 25.0 Å². The van der Waals surface area contributed by atoms with Crippen molar-refractivity contribution in [2.45, 2.75) is 62.0 Å². The molecule has 1 aromatic carbocycles. The Morgan fingerprint density at radius 2 is 1.86 bits per heavy atom. The molecule has 2 saturated carbocycles. The van der Waals surface area contributed by atoms with Crippen LogP contribution in [0.3, 0.4) is 0 Å². The van der Waals surface area contributed by atoms with E-state index in [0.717, 1.165) is 44.2 Å². The van der Waals surface area contributed by atoms with E-state index in [2.05, 4.69) is 9.71 Å². The van der Waals surface area contributed by atoms with Crippen LogP contribution in [-0.2, 0) is 16.6 Å². The molecule has 2 aliphatic rings. The largest absolute Gasteiger partial charge is 0.330 e. The standard InChI is InChI=1S/C21H25N3O3S/c25-21(24(19-11-12-19)15-18-9-3-4-13-22-18)16-6-5-10-20(14-16)28(26,27)23-17-7-1-2-8-17/h3-6,9-10,13-14,17,19,23H,1-2,7-8,11-12,15H2. The molecule has 4 rings (SSSR count). The van der Waals surface area contributed by atoms with Crippen molar-refractivity contribution in [1.29, 1.82) is 0 Å². The molecule has 0 saturated heterocycles. The predicted octanol–water partition coefficient (Wildman–Crippen LogP) is 3.11. The van der Waals surface area contributed by atoms with E-state index >= 15 is 0 Å². The number of benzene rings is 1. The average molecular weight is 400 g/mol. The van der Waals surface area contributed by atoms with Crippen LogP contribution in [-0.4, -0.2) is 36.3 Å². The normalized spacial score (nSPS) is 17.6. The van der Waals surface area contributed by atoms with Crippen LogP contribution in [0, 0.1) is 0 Å². The number of carbonyl (C=O) groups is 1. The van der Waals surface area contributed by atoms with Gasteiger partial charge in [0.05, 0.1) is 17.1 Å². The molecular formula is C21H25N3O3S. The van der Waals surface area contributed by atoms with Gasteiger partial charge in [0.15, 0.2) is 0 Å². The number of amides is 1.